The molecule has 13 heavy (non-hydrogen) atoms. The molecule has 3 N–H and O–H groups in total. The number of aryl methyl sites for hydroxylation is 1. The molecule has 0 bridgehead atoms. The number of hydrogen-bond acceptors (Lipinski definition) is 4. The van der Waals surface area contributed by atoms with Crippen molar-refractivity contribution in [2.45, 2.75) is 25.8 Å². The van der Waals surface area contributed by atoms with Crippen molar-refractivity contribution < 1.29 is 0 Å². The number of hydrogen-bond donors (Lipinski definition) is 2. The van der Waals surface area contributed by atoms with Crippen LogP contribution < -0.4 is 11.1 Å². The molecule has 1 aromatic heterocycles. The van der Waals surface area contributed by atoms with Crippen molar-refractivity contribution >= 4 is 5.95 Å². The van der Waals surface area contributed by atoms with E-state index in [2.05, 4.69) is 15.3 Å². The fraction of sp³-hybridized carbons (Fsp3) is 0.556. The Balaban J connectivity index is 2.43. The molecule has 0 fully saturated rings. The smallest absolute Gasteiger partial charge is 0.220 e. The molecule has 0 amide bonds. The fourth-order valence-electron chi connectivity index (χ4n) is 1.84. The number of nitrogens with one attached hydrogen (secondary N) is 1. The van der Waals surface area contributed by atoms with Gasteiger partial charge < -0.3 is 11.1 Å². The van der Waals surface area contributed by atoms with Crippen LogP contribution in [0, 0.1) is 0 Å². The molecule has 2 rings (SSSR count). The van der Waals surface area contributed by atoms with Crippen LogP contribution in [0.4, 0.5) is 5.95 Å². The maximum absolute atomic E-state index is 5.61. The van der Waals surface area contributed by atoms with Crippen LogP contribution in [0.5, 0.6) is 0 Å². The first kappa shape index (κ1) is 8.44. The summed E-state index contributed by atoms with van der Waals surface area (Å²) < 4.78 is 0. The molecular weight excluding hydrogens is 164 g/mol. The van der Waals surface area contributed by atoms with Gasteiger partial charge in [0.2, 0.25) is 5.95 Å². The van der Waals surface area contributed by atoms with Crippen LogP contribution >= 0.6 is 0 Å². The summed E-state index contributed by atoms with van der Waals surface area (Å²) in [5, 5.41) is 3.10. The largest absolute Gasteiger partial charge is 0.368 e. The molecule has 0 saturated carbocycles. The van der Waals surface area contributed by atoms with Gasteiger partial charge in [-0.1, -0.05) is 0 Å². The zero-order valence-corrected chi connectivity index (χ0v) is 7.80. The Bertz CT molecular complexity index is 322. The second-order valence-corrected chi connectivity index (χ2v) is 3.34. The summed E-state index contributed by atoms with van der Waals surface area (Å²) in [6.45, 7) is 0.787. The third kappa shape index (κ3) is 1.49. The molecule has 1 aliphatic rings. The maximum atomic E-state index is 5.61. The topological polar surface area (TPSA) is 63.8 Å². The lowest BCUT2D eigenvalue weighted by atomic mass is 10.2. The van der Waals surface area contributed by atoms with E-state index in [1.807, 2.05) is 7.05 Å². The highest BCUT2D eigenvalue weighted by molar-refractivity contribution is 5.34. The second kappa shape index (κ2) is 3.30. The molecule has 0 saturated heterocycles. The van der Waals surface area contributed by atoms with Gasteiger partial charge in [0.1, 0.15) is 0 Å². The standard InChI is InChI=1S/C9H14N4/c1-11-5-8-6-3-2-4-7(6)12-9(10)13-8/h11H,2-5H2,1H3,(H2,10,12,13). The van der Waals surface area contributed by atoms with Crippen LogP contribution in [0.15, 0.2) is 0 Å². The summed E-state index contributed by atoms with van der Waals surface area (Å²) in [6, 6.07) is 0. The molecule has 0 unspecified atom stereocenters. The van der Waals surface area contributed by atoms with Gasteiger partial charge in [-0.05, 0) is 31.9 Å². The van der Waals surface area contributed by atoms with Gasteiger partial charge >= 0.3 is 0 Å². The van der Waals surface area contributed by atoms with E-state index in [-0.39, 0.29) is 0 Å². The zero-order valence-electron chi connectivity index (χ0n) is 7.80. The van der Waals surface area contributed by atoms with E-state index in [1.165, 1.54) is 12.0 Å². The minimum absolute atomic E-state index is 0.408. The Kier molecular flexibility index (Phi) is 2.14. The van der Waals surface area contributed by atoms with Crippen LogP contribution in [0.2, 0.25) is 0 Å². The van der Waals surface area contributed by atoms with Crippen molar-refractivity contribution in [3.63, 3.8) is 0 Å². The van der Waals surface area contributed by atoms with E-state index in [1.54, 1.807) is 0 Å². The minimum Gasteiger partial charge on any atom is -0.368 e. The maximum Gasteiger partial charge on any atom is 0.220 e. The number of nitrogens with two attached hydrogens (primary N) is 1. The zero-order chi connectivity index (χ0) is 9.26. The summed E-state index contributed by atoms with van der Waals surface area (Å²) in [5.74, 6) is 0.408. The van der Waals surface area contributed by atoms with Crippen molar-refractivity contribution in [3.8, 4) is 0 Å². The number of aromatic nitrogens is 2. The normalized spacial score (nSPS) is 14.5. The van der Waals surface area contributed by atoms with Crippen molar-refractivity contribution in [1.29, 1.82) is 0 Å². The molecule has 0 aromatic carbocycles. The Morgan fingerprint density at radius 2 is 2.23 bits per heavy atom. The van der Waals surface area contributed by atoms with E-state index in [9.17, 15) is 0 Å². The molecule has 4 nitrogen and oxygen atoms in total. The van der Waals surface area contributed by atoms with Crippen molar-refractivity contribution in [1.82, 2.24) is 15.3 Å². The van der Waals surface area contributed by atoms with E-state index < -0.39 is 0 Å². The Hall–Kier alpha value is -1.16. The molecule has 0 aliphatic heterocycles. The minimum atomic E-state index is 0.408. The molecule has 4 heteroatoms. The van der Waals surface area contributed by atoms with Gasteiger partial charge in [0.25, 0.3) is 0 Å². The monoisotopic (exact) mass is 178 g/mol. The highest BCUT2D eigenvalue weighted by Gasteiger charge is 2.17. The summed E-state index contributed by atoms with van der Waals surface area (Å²) in [6.07, 6.45) is 3.34. The number of rotatable bonds is 2. The fourth-order valence-corrected chi connectivity index (χ4v) is 1.84. The second-order valence-electron chi connectivity index (χ2n) is 3.34. The van der Waals surface area contributed by atoms with Crippen molar-refractivity contribution in [3.05, 3.63) is 17.0 Å². The van der Waals surface area contributed by atoms with Crippen molar-refractivity contribution in [2.75, 3.05) is 12.8 Å². The van der Waals surface area contributed by atoms with Crippen molar-refractivity contribution in [2.24, 2.45) is 0 Å². The first-order chi connectivity index (χ1) is 6.31. The molecule has 1 aliphatic carbocycles. The van der Waals surface area contributed by atoms with Crippen LogP contribution in [-0.4, -0.2) is 17.0 Å². The highest BCUT2D eigenvalue weighted by atomic mass is 15.0. The SMILES string of the molecule is CNCc1nc(N)nc2c1CCC2. The Morgan fingerprint density at radius 1 is 1.38 bits per heavy atom. The van der Waals surface area contributed by atoms with Crippen LogP contribution in [-0.2, 0) is 19.4 Å². The molecule has 1 aromatic rings. The summed E-state index contributed by atoms with van der Waals surface area (Å²) >= 11 is 0. The first-order valence-electron chi connectivity index (χ1n) is 4.60. The average molecular weight is 178 g/mol. The lowest BCUT2D eigenvalue weighted by Crippen LogP contribution is -2.12. The quantitative estimate of drug-likeness (QED) is 0.682. The number of nitrogen functional groups attached to an aromatic ring is 1. The molecule has 0 spiro atoms. The first-order valence-corrected chi connectivity index (χ1v) is 4.60. The van der Waals surface area contributed by atoms with Crippen LogP contribution in [0.1, 0.15) is 23.4 Å². The number of nitrogens with zero attached hydrogens (tertiary/aromatic N) is 2. The lowest BCUT2D eigenvalue weighted by Gasteiger charge is -2.06. The number of fused-ring (bicyclic) bond motifs is 1. The summed E-state index contributed by atoms with van der Waals surface area (Å²) in [4.78, 5) is 8.47. The van der Waals surface area contributed by atoms with Crippen LogP contribution in [0.25, 0.3) is 0 Å². The van der Waals surface area contributed by atoms with Gasteiger partial charge in [-0.15, -0.1) is 0 Å². The van der Waals surface area contributed by atoms with Gasteiger partial charge in [-0.3, -0.25) is 0 Å². The average Bonchev–Trinajstić information content (AvgIpc) is 2.52. The van der Waals surface area contributed by atoms with Gasteiger partial charge in [-0.25, -0.2) is 9.97 Å². The van der Waals surface area contributed by atoms with E-state index >= 15 is 0 Å². The molecule has 1 heterocycles. The molecule has 70 valence electrons. The summed E-state index contributed by atoms with van der Waals surface area (Å²) in [5.41, 5.74) is 9.14. The molecular formula is C9H14N4. The molecule has 0 radical (unpaired) electrons. The highest BCUT2D eigenvalue weighted by Crippen LogP contribution is 2.23. The lowest BCUT2D eigenvalue weighted by molar-refractivity contribution is 0.773. The molecule has 0 atom stereocenters. The van der Waals surface area contributed by atoms with Crippen LogP contribution in [0.3, 0.4) is 0 Å². The van der Waals surface area contributed by atoms with E-state index in [0.717, 1.165) is 30.8 Å². The third-order valence-corrected chi connectivity index (χ3v) is 2.38. The predicted octanol–water partition coefficient (Wildman–Crippen LogP) is 0.267. The predicted molar refractivity (Wildman–Crippen MR) is 51.2 cm³/mol. The van der Waals surface area contributed by atoms with E-state index in [4.69, 9.17) is 5.73 Å². The van der Waals surface area contributed by atoms with E-state index in [0.29, 0.717) is 5.95 Å². The Morgan fingerprint density at radius 3 is 3.00 bits per heavy atom. The van der Waals surface area contributed by atoms with Gasteiger partial charge in [0.05, 0.1) is 5.69 Å². The third-order valence-electron chi connectivity index (χ3n) is 2.38. The Labute approximate surface area is 77.6 Å². The number of anilines is 1. The van der Waals surface area contributed by atoms with Gasteiger partial charge in [-0.2, -0.15) is 0 Å². The van der Waals surface area contributed by atoms with Gasteiger partial charge in [0, 0.05) is 12.2 Å². The summed E-state index contributed by atoms with van der Waals surface area (Å²) in [7, 11) is 1.92. The van der Waals surface area contributed by atoms with Gasteiger partial charge in [0.15, 0.2) is 0 Å².